The average Bonchev–Trinajstić information content (AvgIpc) is 2.92. The first-order chi connectivity index (χ1) is 12.2. The van der Waals surface area contributed by atoms with Crippen LogP contribution in [-0.2, 0) is 14.8 Å². The summed E-state index contributed by atoms with van der Waals surface area (Å²) in [6.45, 7) is 6.88. The zero-order valence-corrected chi connectivity index (χ0v) is 16.1. The van der Waals surface area contributed by atoms with Crippen molar-refractivity contribution in [1.29, 1.82) is 0 Å². The molecule has 8 heteroatoms. The van der Waals surface area contributed by atoms with Crippen LogP contribution in [0.1, 0.15) is 44.2 Å². The van der Waals surface area contributed by atoms with E-state index < -0.39 is 10.0 Å². The zero-order chi connectivity index (χ0) is 19.3. The van der Waals surface area contributed by atoms with Crippen LogP contribution in [-0.4, -0.2) is 25.5 Å². The van der Waals surface area contributed by atoms with E-state index in [9.17, 15) is 13.2 Å². The Morgan fingerprint density at radius 2 is 1.92 bits per heavy atom. The van der Waals surface area contributed by atoms with E-state index in [0.29, 0.717) is 23.6 Å². The third-order valence-corrected chi connectivity index (χ3v) is 5.38. The minimum atomic E-state index is -3.52. The third kappa shape index (κ3) is 5.03. The quantitative estimate of drug-likeness (QED) is 0.772. The fraction of sp³-hybridized carbons (Fsp3) is 0.333. The SMILES string of the molecule is CC[C@H](C)NS(=O)(=O)c1ccc(/C=C\c2onc(C)c2NC(C)=O)cc1. The van der Waals surface area contributed by atoms with Gasteiger partial charge in [0, 0.05) is 13.0 Å². The molecule has 1 heterocycles. The lowest BCUT2D eigenvalue weighted by atomic mass is 10.2. The van der Waals surface area contributed by atoms with Crippen molar-refractivity contribution in [3.05, 3.63) is 41.3 Å². The van der Waals surface area contributed by atoms with Crippen molar-refractivity contribution in [2.75, 3.05) is 5.32 Å². The number of nitrogens with zero attached hydrogens (tertiary/aromatic N) is 1. The first-order valence-electron chi connectivity index (χ1n) is 8.27. The number of aryl methyl sites for hydroxylation is 1. The van der Waals surface area contributed by atoms with Crippen LogP contribution >= 0.6 is 0 Å². The monoisotopic (exact) mass is 377 g/mol. The Hall–Kier alpha value is -2.45. The van der Waals surface area contributed by atoms with Crippen LogP contribution in [0.4, 0.5) is 5.69 Å². The van der Waals surface area contributed by atoms with Gasteiger partial charge in [-0.2, -0.15) is 0 Å². The van der Waals surface area contributed by atoms with Crippen molar-refractivity contribution in [3.8, 4) is 0 Å². The van der Waals surface area contributed by atoms with Crippen LogP contribution in [0.25, 0.3) is 12.2 Å². The smallest absolute Gasteiger partial charge is 0.240 e. The molecule has 2 rings (SSSR count). The van der Waals surface area contributed by atoms with Gasteiger partial charge in [0.2, 0.25) is 15.9 Å². The summed E-state index contributed by atoms with van der Waals surface area (Å²) in [5.41, 5.74) is 1.89. The van der Waals surface area contributed by atoms with Crippen LogP contribution < -0.4 is 10.0 Å². The Labute approximate surface area is 153 Å². The second kappa shape index (κ2) is 8.29. The predicted molar refractivity (Wildman–Crippen MR) is 101 cm³/mol. The largest absolute Gasteiger partial charge is 0.354 e. The van der Waals surface area contributed by atoms with Gasteiger partial charge in [-0.3, -0.25) is 4.79 Å². The summed E-state index contributed by atoms with van der Waals surface area (Å²) in [4.78, 5) is 11.5. The molecule has 1 aromatic heterocycles. The second-order valence-corrected chi connectivity index (χ2v) is 7.74. The van der Waals surface area contributed by atoms with Crippen molar-refractivity contribution in [2.45, 2.75) is 45.1 Å². The first-order valence-corrected chi connectivity index (χ1v) is 9.75. The van der Waals surface area contributed by atoms with Gasteiger partial charge in [-0.15, -0.1) is 0 Å². The fourth-order valence-corrected chi connectivity index (χ4v) is 3.50. The Morgan fingerprint density at radius 3 is 2.50 bits per heavy atom. The van der Waals surface area contributed by atoms with E-state index in [2.05, 4.69) is 15.2 Å². The highest BCUT2D eigenvalue weighted by Crippen LogP contribution is 2.22. The van der Waals surface area contributed by atoms with Gasteiger partial charge in [0.1, 0.15) is 11.4 Å². The predicted octanol–water partition coefficient (Wildman–Crippen LogP) is 3.19. The van der Waals surface area contributed by atoms with E-state index in [1.807, 2.05) is 13.8 Å². The van der Waals surface area contributed by atoms with Gasteiger partial charge < -0.3 is 9.84 Å². The van der Waals surface area contributed by atoms with E-state index in [1.54, 1.807) is 43.3 Å². The molecule has 0 aliphatic rings. The van der Waals surface area contributed by atoms with Gasteiger partial charge in [-0.05, 0) is 44.0 Å². The lowest BCUT2D eigenvalue weighted by Crippen LogP contribution is -2.31. The maximum atomic E-state index is 12.2. The minimum absolute atomic E-state index is 0.124. The number of hydrogen-bond donors (Lipinski definition) is 2. The normalized spacial score (nSPS) is 13.1. The summed E-state index contributed by atoms with van der Waals surface area (Å²) in [6.07, 6.45) is 4.14. The Bertz CT molecular complexity index is 899. The molecule has 0 unspecified atom stereocenters. The lowest BCUT2D eigenvalue weighted by Gasteiger charge is -2.12. The molecule has 1 aromatic carbocycles. The molecule has 0 spiro atoms. The van der Waals surface area contributed by atoms with Crippen molar-refractivity contribution >= 4 is 33.8 Å². The molecule has 140 valence electrons. The number of amides is 1. The maximum absolute atomic E-state index is 12.2. The van der Waals surface area contributed by atoms with Crippen LogP contribution in [0.3, 0.4) is 0 Å². The standard InChI is InChI=1S/C18H23N3O4S/c1-5-12(2)21-26(23,24)16-9-6-15(7-10-16)8-11-17-18(19-14(4)22)13(3)20-25-17/h6-12,21H,5H2,1-4H3,(H,19,22)/b11-8-/t12-/m0/s1. The number of carbonyl (C=O) groups is 1. The first kappa shape index (κ1) is 19.9. The molecule has 1 amide bonds. The molecule has 2 N–H and O–H groups in total. The van der Waals surface area contributed by atoms with Gasteiger partial charge in [0.05, 0.1) is 4.90 Å². The molecular formula is C18H23N3O4S. The topological polar surface area (TPSA) is 101 Å². The Balaban J connectivity index is 2.17. The summed E-state index contributed by atoms with van der Waals surface area (Å²) in [5.74, 6) is 0.210. The fourth-order valence-electron chi connectivity index (χ4n) is 2.18. The van der Waals surface area contributed by atoms with Gasteiger partial charge in [0.15, 0.2) is 5.76 Å². The number of aromatic nitrogens is 1. The van der Waals surface area contributed by atoms with Gasteiger partial charge in [-0.1, -0.05) is 30.3 Å². The molecule has 0 saturated carbocycles. The minimum Gasteiger partial charge on any atom is -0.354 e. The maximum Gasteiger partial charge on any atom is 0.240 e. The van der Waals surface area contributed by atoms with E-state index in [4.69, 9.17) is 4.52 Å². The summed E-state index contributed by atoms with van der Waals surface area (Å²) in [5, 5.41) is 6.51. The number of rotatable bonds is 7. The van der Waals surface area contributed by atoms with Crippen molar-refractivity contribution in [1.82, 2.24) is 9.88 Å². The summed E-state index contributed by atoms with van der Waals surface area (Å²) in [6, 6.07) is 6.36. The second-order valence-electron chi connectivity index (χ2n) is 6.02. The molecule has 7 nitrogen and oxygen atoms in total. The highest BCUT2D eigenvalue weighted by Gasteiger charge is 2.16. The number of benzene rings is 1. The lowest BCUT2D eigenvalue weighted by molar-refractivity contribution is -0.114. The van der Waals surface area contributed by atoms with Crippen molar-refractivity contribution in [2.24, 2.45) is 0 Å². The van der Waals surface area contributed by atoms with Crippen LogP contribution in [0, 0.1) is 6.92 Å². The average molecular weight is 377 g/mol. The molecule has 0 radical (unpaired) electrons. The molecule has 0 fully saturated rings. The van der Waals surface area contributed by atoms with Crippen LogP contribution in [0.2, 0.25) is 0 Å². The number of anilines is 1. The highest BCUT2D eigenvalue weighted by atomic mass is 32.2. The van der Waals surface area contributed by atoms with E-state index >= 15 is 0 Å². The van der Waals surface area contributed by atoms with Crippen molar-refractivity contribution in [3.63, 3.8) is 0 Å². The Kier molecular flexibility index (Phi) is 6.33. The zero-order valence-electron chi connectivity index (χ0n) is 15.2. The molecular weight excluding hydrogens is 354 g/mol. The molecule has 0 aliphatic carbocycles. The van der Waals surface area contributed by atoms with E-state index in [0.717, 1.165) is 5.56 Å². The molecule has 2 aromatic rings. The number of hydrogen-bond acceptors (Lipinski definition) is 5. The van der Waals surface area contributed by atoms with Crippen LogP contribution in [0.5, 0.6) is 0 Å². The molecule has 0 saturated heterocycles. The number of nitrogens with one attached hydrogen (secondary N) is 2. The summed E-state index contributed by atoms with van der Waals surface area (Å²) < 4.78 is 32.3. The van der Waals surface area contributed by atoms with E-state index in [1.165, 1.54) is 6.92 Å². The van der Waals surface area contributed by atoms with Crippen molar-refractivity contribution < 1.29 is 17.7 Å². The highest BCUT2D eigenvalue weighted by molar-refractivity contribution is 7.89. The summed E-state index contributed by atoms with van der Waals surface area (Å²) in [7, 11) is -3.52. The molecule has 0 aliphatic heterocycles. The van der Waals surface area contributed by atoms with Gasteiger partial charge in [-0.25, -0.2) is 13.1 Å². The number of sulfonamides is 1. The van der Waals surface area contributed by atoms with Gasteiger partial charge in [0.25, 0.3) is 0 Å². The summed E-state index contributed by atoms with van der Waals surface area (Å²) >= 11 is 0. The molecule has 0 bridgehead atoms. The molecule has 1 atom stereocenters. The number of carbonyl (C=O) groups excluding carboxylic acids is 1. The Morgan fingerprint density at radius 1 is 1.27 bits per heavy atom. The molecule has 26 heavy (non-hydrogen) atoms. The van der Waals surface area contributed by atoms with Crippen LogP contribution in [0.15, 0.2) is 33.7 Å². The van der Waals surface area contributed by atoms with E-state index in [-0.39, 0.29) is 16.8 Å². The van der Waals surface area contributed by atoms with Gasteiger partial charge >= 0.3 is 0 Å². The third-order valence-electron chi connectivity index (χ3n) is 3.78.